The fourth-order valence-corrected chi connectivity index (χ4v) is 1.60. The van der Waals surface area contributed by atoms with E-state index in [1.165, 1.54) is 12.1 Å². The van der Waals surface area contributed by atoms with Gasteiger partial charge in [0.15, 0.2) is 27.9 Å². The number of halogens is 1. The number of rotatable bonds is 1. The van der Waals surface area contributed by atoms with Gasteiger partial charge in [-0.15, -0.1) is 0 Å². The molecule has 1 N–H and O–H groups in total. The third kappa shape index (κ3) is 1.42. The summed E-state index contributed by atoms with van der Waals surface area (Å²) in [5.41, 5.74) is 0.450. The Morgan fingerprint density at radius 1 is 1.38 bits per heavy atom. The Bertz CT molecular complexity index is 710. The van der Waals surface area contributed by atoms with Gasteiger partial charge in [0.05, 0.1) is 0 Å². The second-order valence-corrected chi connectivity index (χ2v) is 3.64. The summed E-state index contributed by atoms with van der Waals surface area (Å²) in [6.45, 7) is 0. The minimum Gasteiger partial charge on any atom is -0.441 e. The Kier molecular flexibility index (Phi) is 1.87. The van der Waals surface area contributed by atoms with Crippen molar-refractivity contribution in [3.05, 3.63) is 45.9 Å². The minimum atomic E-state index is -0.0875. The maximum atomic E-state index is 11.1. The molecule has 0 bridgehead atoms. The van der Waals surface area contributed by atoms with Crippen molar-refractivity contribution >= 4 is 17.2 Å². The summed E-state index contributed by atoms with van der Waals surface area (Å²) in [7, 11) is 0. The van der Waals surface area contributed by atoms with E-state index in [4.69, 9.17) is 16.0 Å². The molecule has 3 aromatic heterocycles. The van der Waals surface area contributed by atoms with Crippen molar-refractivity contribution in [2.75, 3.05) is 0 Å². The molecule has 0 aliphatic heterocycles. The first-order valence-corrected chi connectivity index (χ1v) is 4.94. The molecule has 16 heavy (non-hydrogen) atoms. The molecule has 0 radical (unpaired) electrons. The van der Waals surface area contributed by atoms with E-state index >= 15 is 0 Å². The lowest BCUT2D eigenvalue weighted by molar-refractivity contribution is 0.579. The molecule has 0 aliphatic rings. The van der Waals surface area contributed by atoms with E-state index in [2.05, 4.69) is 10.1 Å². The Balaban J connectivity index is 2.22. The summed E-state index contributed by atoms with van der Waals surface area (Å²) in [5, 5.41) is 3.26. The van der Waals surface area contributed by atoms with Gasteiger partial charge in [-0.05, 0) is 23.7 Å². The van der Waals surface area contributed by atoms with Crippen LogP contribution >= 0.6 is 11.6 Å². The molecule has 0 atom stereocenters. The standard InChI is InChI=1S/C10H6ClN3O2/c11-8-2-1-7(16-8)10-12-9-5-6(15)3-4-14(9)13-10/h1-5H,(H,12,13). The molecule has 0 saturated heterocycles. The molecule has 0 unspecified atom stereocenters. The molecule has 3 rings (SSSR count). The zero-order valence-electron chi connectivity index (χ0n) is 7.98. The summed E-state index contributed by atoms with van der Waals surface area (Å²) >= 11 is 5.67. The van der Waals surface area contributed by atoms with Crippen molar-refractivity contribution in [3.8, 4) is 11.6 Å². The largest absolute Gasteiger partial charge is 0.441 e. The van der Waals surface area contributed by atoms with E-state index in [0.717, 1.165) is 0 Å². The smallest absolute Gasteiger partial charge is 0.194 e. The SMILES string of the molecule is O=c1ccn2[nH]c(-c3ccc(Cl)o3)nc2c1. The predicted octanol–water partition coefficient (Wildman–Crippen LogP) is 1.94. The number of hydrogen-bond donors (Lipinski definition) is 1. The number of furan rings is 1. The van der Waals surface area contributed by atoms with Gasteiger partial charge in [0.1, 0.15) is 0 Å². The normalized spacial score (nSPS) is 11.1. The predicted molar refractivity (Wildman–Crippen MR) is 58.5 cm³/mol. The van der Waals surface area contributed by atoms with Crippen LogP contribution in [-0.4, -0.2) is 14.6 Å². The van der Waals surface area contributed by atoms with Crippen LogP contribution in [0.3, 0.4) is 0 Å². The summed E-state index contributed by atoms with van der Waals surface area (Å²) in [5.74, 6) is 1.05. The van der Waals surface area contributed by atoms with Crippen LogP contribution in [0.4, 0.5) is 0 Å². The van der Waals surface area contributed by atoms with Crippen molar-refractivity contribution in [2.45, 2.75) is 0 Å². The molecule has 0 aromatic carbocycles. The van der Waals surface area contributed by atoms with E-state index in [9.17, 15) is 4.79 Å². The highest BCUT2D eigenvalue weighted by Crippen LogP contribution is 2.21. The third-order valence-electron chi connectivity index (χ3n) is 2.17. The van der Waals surface area contributed by atoms with Gasteiger partial charge < -0.3 is 4.42 Å². The Morgan fingerprint density at radius 2 is 2.25 bits per heavy atom. The summed E-state index contributed by atoms with van der Waals surface area (Å²) in [6, 6.07) is 6.22. The van der Waals surface area contributed by atoms with Gasteiger partial charge in [-0.2, -0.15) is 0 Å². The minimum absolute atomic E-state index is 0.0875. The maximum absolute atomic E-state index is 11.1. The Labute approximate surface area is 94.3 Å². The maximum Gasteiger partial charge on any atom is 0.194 e. The van der Waals surface area contributed by atoms with Crippen molar-refractivity contribution in [2.24, 2.45) is 0 Å². The number of fused-ring (bicyclic) bond motifs is 1. The van der Waals surface area contributed by atoms with Crippen molar-refractivity contribution in [3.63, 3.8) is 0 Å². The van der Waals surface area contributed by atoms with Crippen LogP contribution < -0.4 is 5.43 Å². The Hall–Kier alpha value is -2.01. The van der Waals surface area contributed by atoms with E-state index < -0.39 is 0 Å². The molecular formula is C10H6ClN3O2. The molecule has 0 amide bonds. The molecule has 0 fully saturated rings. The first kappa shape index (κ1) is 9.23. The monoisotopic (exact) mass is 235 g/mol. The quantitative estimate of drug-likeness (QED) is 0.701. The number of aromatic nitrogens is 3. The van der Waals surface area contributed by atoms with E-state index in [-0.39, 0.29) is 5.43 Å². The van der Waals surface area contributed by atoms with Gasteiger partial charge in [0.2, 0.25) is 0 Å². The lowest BCUT2D eigenvalue weighted by Crippen LogP contribution is -1.98. The fourth-order valence-electron chi connectivity index (χ4n) is 1.46. The van der Waals surface area contributed by atoms with Gasteiger partial charge in [0.25, 0.3) is 0 Å². The van der Waals surface area contributed by atoms with Crippen LogP contribution in [0.1, 0.15) is 0 Å². The van der Waals surface area contributed by atoms with Crippen molar-refractivity contribution < 1.29 is 4.42 Å². The van der Waals surface area contributed by atoms with Gasteiger partial charge >= 0.3 is 0 Å². The first-order valence-electron chi connectivity index (χ1n) is 4.56. The number of aromatic amines is 1. The van der Waals surface area contributed by atoms with Crippen LogP contribution in [0.25, 0.3) is 17.2 Å². The molecule has 0 aliphatic carbocycles. The van der Waals surface area contributed by atoms with Crippen LogP contribution in [0.2, 0.25) is 5.22 Å². The van der Waals surface area contributed by atoms with Crippen LogP contribution in [0.15, 0.2) is 39.7 Å². The van der Waals surface area contributed by atoms with Gasteiger partial charge in [-0.25, -0.2) is 9.50 Å². The Morgan fingerprint density at radius 3 is 3.00 bits per heavy atom. The van der Waals surface area contributed by atoms with Gasteiger partial charge in [-0.1, -0.05) is 0 Å². The second-order valence-electron chi connectivity index (χ2n) is 3.27. The summed E-state index contributed by atoms with van der Waals surface area (Å²) in [4.78, 5) is 15.3. The number of nitrogens with zero attached hydrogens (tertiary/aromatic N) is 2. The second kappa shape index (κ2) is 3.24. The third-order valence-corrected chi connectivity index (χ3v) is 2.37. The molecule has 3 heterocycles. The van der Waals surface area contributed by atoms with Gasteiger partial charge in [0, 0.05) is 18.3 Å². The highest BCUT2D eigenvalue weighted by Gasteiger charge is 2.08. The first-order chi connectivity index (χ1) is 7.72. The lowest BCUT2D eigenvalue weighted by Gasteiger charge is -1.88. The molecule has 6 heteroatoms. The topological polar surface area (TPSA) is 63.3 Å². The van der Waals surface area contributed by atoms with Crippen LogP contribution in [0, 0.1) is 0 Å². The average Bonchev–Trinajstić information content (AvgIpc) is 2.83. The molecule has 0 spiro atoms. The van der Waals surface area contributed by atoms with Crippen molar-refractivity contribution in [1.82, 2.24) is 14.6 Å². The fraction of sp³-hybridized carbons (Fsp3) is 0. The number of H-pyrrole nitrogens is 1. The van der Waals surface area contributed by atoms with Crippen LogP contribution in [0.5, 0.6) is 0 Å². The zero-order chi connectivity index (χ0) is 11.1. The van der Waals surface area contributed by atoms with Crippen molar-refractivity contribution in [1.29, 1.82) is 0 Å². The molecule has 80 valence electrons. The molecule has 3 aromatic rings. The number of hydrogen-bond acceptors (Lipinski definition) is 3. The molecule has 5 nitrogen and oxygen atoms in total. The average molecular weight is 236 g/mol. The van der Waals surface area contributed by atoms with E-state index in [1.807, 2.05) is 0 Å². The highest BCUT2D eigenvalue weighted by atomic mass is 35.5. The van der Waals surface area contributed by atoms with Gasteiger partial charge in [-0.3, -0.25) is 9.89 Å². The summed E-state index contributed by atoms with van der Waals surface area (Å²) < 4.78 is 6.84. The number of pyridine rings is 1. The molecule has 0 saturated carbocycles. The number of nitrogens with one attached hydrogen (secondary N) is 1. The highest BCUT2D eigenvalue weighted by molar-refractivity contribution is 6.28. The lowest BCUT2D eigenvalue weighted by atomic mass is 10.4. The van der Waals surface area contributed by atoms with E-state index in [1.54, 1.807) is 22.8 Å². The van der Waals surface area contributed by atoms with E-state index in [0.29, 0.717) is 22.5 Å². The van der Waals surface area contributed by atoms with Crippen LogP contribution in [-0.2, 0) is 0 Å². The summed E-state index contributed by atoms with van der Waals surface area (Å²) in [6.07, 6.45) is 1.61. The zero-order valence-corrected chi connectivity index (χ0v) is 8.73. The molecular weight excluding hydrogens is 230 g/mol.